The molecule has 0 bridgehead atoms. The minimum absolute atomic E-state index is 0.0255. The largest absolute Gasteiger partial charge is 0.389 e. The number of benzene rings is 1. The Labute approximate surface area is 131 Å². The number of nitrogens with two attached hydrogens (primary N) is 1. The van der Waals surface area contributed by atoms with Gasteiger partial charge in [0.1, 0.15) is 4.99 Å². The summed E-state index contributed by atoms with van der Waals surface area (Å²) < 4.78 is 0. The molecule has 3 N–H and O–H groups in total. The van der Waals surface area contributed by atoms with Crippen molar-refractivity contribution >= 4 is 23.1 Å². The highest BCUT2D eigenvalue weighted by Gasteiger charge is 2.18. The van der Waals surface area contributed by atoms with Crippen molar-refractivity contribution < 1.29 is 4.79 Å². The summed E-state index contributed by atoms with van der Waals surface area (Å²) in [7, 11) is 0. The average molecular weight is 305 g/mol. The van der Waals surface area contributed by atoms with Gasteiger partial charge in [0.25, 0.3) is 5.91 Å². The van der Waals surface area contributed by atoms with E-state index < -0.39 is 0 Å². The van der Waals surface area contributed by atoms with Crippen LogP contribution >= 0.6 is 12.2 Å². The van der Waals surface area contributed by atoms with Gasteiger partial charge in [-0.15, -0.1) is 0 Å². The molecule has 114 valence electrons. The fraction of sp³-hybridized carbons (Fsp3) is 0.500. The molecule has 1 fully saturated rings. The van der Waals surface area contributed by atoms with Gasteiger partial charge in [0, 0.05) is 17.7 Å². The number of rotatable bonds is 5. The molecule has 1 heterocycles. The Bertz CT molecular complexity index is 493. The van der Waals surface area contributed by atoms with Crippen molar-refractivity contribution in [3.8, 4) is 0 Å². The number of carbonyl (C=O) groups is 1. The van der Waals surface area contributed by atoms with Crippen molar-refractivity contribution in [3.05, 3.63) is 35.4 Å². The fourth-order valence-electron chi connectivity index (χ4n) is 2.63. The van der Waals surface area contributed by atoms with Crippen molar-refractivity contribution in [1.29, 1.82) is 0 Å². The van der Waals surface area contributed by atoms with E-state index in [1.165, 1.54) is 0 Å². The summed E-state index contributed by atoms with van der Waals surface area (Å²) in [5.41, 5.74) is 6.99. The zero-order valence-electron chi connectivity index (χ0n) is 12.5. The quantitative estimate of drug-likeness (QED) is 0.814. The van der Waals surface area contributed by atoms with E-state index in [0.29, 0.717) is 16.5 Å². The number of carbonyl (C=O) groups excluding carboxylic acids is 1. The molecular formula is C16H23N3OS. The second kappa shape index (κ2) is 7.52. The van der Waals surface area contributed by atoms with Crippen molar-refractivity contribution in [3.63, 3.8) is 0 Å². The first-order valence-electron chi connectivity index (χ1n) is 7.50. The molecule has 4 nitrogen and oxygen atoms in total. The van der Waals surface area contributed by atoms with Gasteiger partial charge in [-0.1, -0.05) is 31.3 Å². The highest BCUT2D eigenvalue weighted by molar-refractivity contribution is 7.80. The molecule has 0 atom stereocenters. The summed E-state index contributed by atoms with van der Waals surface area (Å²) >= 11 is 4.90. The van der Waals surface area contributed by atoms with E-state index in [0.717, 1.165) is 44.6 Å². The normalized spacial score (nSPS) is 16.6. The van der Waals surface area contributed by atoms with E-state index in [1.807, 2.05) is 0 Å². The molecule has 1 aliphatic rings. The first-order chi connectivity index (χ1) is 10.1. The Morgan fingerprint density at radius 3 is 2.38 bits per heavy atom. The molecule has 1 aromatic carbocycles. The molecule has 0 spiro atoms. The van der Waals surface area contributed by atoms with Crippen LogP contribution in [0, 0.1) is 5.92 Å². The molecule has 0 aliphatic carbocycles. The molecule has 1 amide bonds. The lowest BCUT2D eigenvalue weighted by atomic mass is 9.96. The van der Waals surface area contributed by atoms with Crippen LogP contribution < -0.4 is 11.1 Å². The molecule has 0 radical (unpaired) electrons. The number of hydrogen-bond donors (Lipinski definition) is 2. The van der Waals surface area contributed by atoms with Crippen LogP contribution in [-0.2, 0) is 0 Å². The van der Waals surface area contributed by atoms with Crippen molar-refractivity contribution in [2.75, 3.05) is 26.2 Å². The summed E-state index contributed by atoms with van der Waals surface area (Å²) in [4.78, 5) is 14.9. The predicted molar refractivity (Wildman–Crippen MR) is 89.5 cm³/mol. The van der Waals surface area contributed by atoms with Crippen LogP contribution in [0.5, 0.6) is 0 Å². The summed E-state index contributed by atoms with van der Waals surface area (Å²) in [5.74, 6) is 0.565. The Morgan fingerprint density at radius 1 is 1.29 bits per heavy atom. The number of hydrogen-bond acceptors (Lipinski definition) is 3. The average Bonchev–Trinajstić information content (AvgIpc) is 2.53. The van der Waals surface area contributed by atoms with Gasteiger partial charge in [0.2, 0.25) is 0 Å². The smallest absolute Gasteiger partial charge is 0.251 e. The molecular weight excluding hydrogens is 282 g/mol. The van der Waals surface area contributed by atoms with Gasteiger partial charge in [-0.25, -0.2) is 0 Å². The summed E-state index contributed by atoms with van der Waals surface area (Å²) in [5, 5.41) is 3.03. The van der Waals surface area contributed by atoms with E-state index in [1.54, 1.807) is 24.3 Å². The van der Waals surface area contributed by atoms with Gasteiger partial charge < -0.3 is 16.0 Å². The summed E-state index contributed by atoms with van der Waals surface area (Å²) in [6.45, 7) is 6.35. The van der Waals surface area contributed by atoms with Crippen LogP contribution in [0.15, 0.2) is 24.3 Å². The maximum Gasteiger partial charge on any atom is 0.251 e. The fourth-order valence-corrected chi connectivity index (χ4v) is 2.77. The zero-order chi connectivity index (χ0) is 15.2. The van der Waals surface area contributed by atoms with Gasteiger partial charge in [0.15, 0.2) is 0 Å². The van der Waals surface area contributed by atoms with Crippen LogP contribution in [0.3, 0.4) is 0 Å². The number of nitrogens with one attached hydrogen (secondary N) is 1. The lowest BCUT2D eigenvalue weighted by molar-refractivity contribution is 0.0937. The standard InChI is InChI=1S/C16H23N3OS/c1-2-19-9-7-12(8-10-19)11-18-16(20)14-5-3-13(4-6-14)15(17)21/h3-6,12H,2,7-11H2,1H3,(H2,17,21)(H,18,20). The highest BCUT2D eigenvalue weighted by Crippen LogP contribution is 2.16. The van der Waals surface area contributed by atoms with Crippen LogP contribution in [0.1, 0.15) is 35.7 Å². The first kappa shape index (κ1) is 15.9. The van der Waals surface area contributed by atoms with Gasteiger partial charge >= 0.3 is 0 Å². The van der Waals surface area contributed by atoms with E-state index in [9.17, 15) is 4.79 Å². The third kappa shape index (κ3) is 4.51. The van der Waals surface area contributed by atoms with Gasteiger partial charge in [-0.05, 0) is 50.5 Å². The maximum absolute atomic E-state index is 12.1. The number of nitrogens with zero attached hydrogens (tertiary/aromatic N) is 1. The summed E-state index contributed by atoms with van der Waals surface area (Å²) in [6.07, 6.45) is 2.32. The molecule has 1 aromatic rings. The Balaban J connectivity index is 1.80. The lowest BCUT2D eigenvalue weighted by Crippen LogP contribution is -2.38. The van der Waals surface area contributed by atoms with E-state index in [-0.39, 0.29) is 5.91 Å². The van der Waals surface area contributed by atoms with E-state index in [2.05, 4.69) is 17.1 Å². The van der Waals surface area contributed by atoms with Gasteiger partial charge in [-0.3, -0.25) is 4.79 Å². The number of amides is 1. The van der Waals surface area contributed by atoms with Crippen LogP contribution in [0.4, 0.5) is 0 Å². The minimum atomic E-state index is -0.0255. The molecule has 0 saturated carbocycles. The topological polar surface area (TPSA) is 58.4 Å². The molecule has 1 aliphatic heterocycles. The lowest BCUT2D eigenvalue weighted by Gasteiger charge is -2.31. The molecule has 2 rings (SSSR count). The Morgan fingerprint density at radius 2 is 1.86 bits per heavy atom. The van der Waals surface area contributed by atoms with Crippen molar-refractivity contribution in [2.45, 2.75) is 19.8 Å². The first-order valence-corrected chi connectivity index (χ1v) is 7.91. The third-order valence-electron chi connectivity index (χ3n) is 4.14. The second-order valence-corrected chi connectivity index (χ2v) is 5.97. The molecule has 21 heavy (non-hydrogen) atoms. The highest BCUT2D eigenvalue weighted by atomic mass is 32.1. The maximum atomic E-state index is 12.1. The number of likely N-dealkylation sites (tertiary alicyclic amines) is 1. The second-order valence-electron chi connectivity index (χ2n) is 5.53. The molecule has 0 unspecified atom stereocenters. The van der Waals surface area contributed by atoms with Crippen LogP contribution in [0.2, 0.25) is 0 Å². The monoisotopic (exact) mass is 305 g/mol. The van der Waals surface area contributed by atoms with E-state index in [4.69, 9.17) is 18.0 Å². The number of piperidine rings is 1. The van der Waals surface area contributed by atoms with Gasteiger partial charge in [-0.2, -0.15) is 0 Å². The SMILES string of the molecule is CCN1CCC(CNC(=O)c2ccc(C(N)=S)cc2)CC1. The Kier molecular flexibility index (Phi) is 5.70. The van der Waals surface area contributed by atoms with Crippen molar-refractivity contribution in [1.82, 2.24) is 10.2 Å². The van der Waals surface area contributed by atoms with Crippen LogP contribution in [0.25, 0.3) is 0 Å². The van der Waals surface area contributed by atoms with Crippen LogP contribution in [-0.4, -0.2) is 42.0 Å². The zero-order valence-corrected chi connectivity index (χ0v) is 13.3. The molecule has 1 saturated heterocycles. The van der Waals surface area contributed by atoms with E-state index >= 15 is 0 Å². The predicted octanol–water partition coefficient (Wildman–Crippen LogP) is 1.78. The number of thiocarbonyl (C=S) groups is 1. The molecule has 5 heteroatoms. The third-order valence-corrected chi connectivity index (χ3v) is 4.37. The summed E-state index contributed by atoms with van der Waals surface area (Å²) in [6, 6.07) is 7.11. The minimum Gasteiger partial charge on any atom is -0.389 e. The van der Waals surface area contributed by atoms with Crippen molar-refractivity contribution in [2.24, 2.45) is 11.7 Å². The van der Waals surface area contributed by atoms with Gasteiger partial charge in [0.05, 0.1) is 0 Å². The Hall–Kier alpha value is -1.46. The molecule has 0 aromatic heterocycles.